The lowest BCUT2D eigenvalue weighted by molar-refractivity contribution is -0.143. The largest absolute Gasteiger partial charge is 0.466 e. The molecule has 0 aromatic rings. The summed E-state index contributed by atoms with van der Waals surface area (Å²) >= 11 is 0. The second-order valence-corrected chi connectivity index (χ2v) is 3.29. The smallest absolute Gasteiger partial charge is 0.314 e. The minimum Gasteiger partial charge on any atom is -0.466 e. The summed E-state index contributed by atoms with van der Waals surface area (Å²) in [6, 6.07) is -0.427. The number of carbonyl (C=O) groups is 3. The van der Waals surface area contributed by atoms with Crippen LogP contribution in [0.5, 0.6) is 0 Å². The zero-order valence-electron chi connectivity index (χ0n) is 10.8. The van der Waals surface area contributed by atoms with Crippen molar-refractivity contribution in [3.8, 4) is 0 Å². The Morgan fingerprint density at radius 2 is 1.22 bits per heavy atom. The van der Waals surface area contributed by atoms with Gasteiger partial charge >= 0.3 is 18.0 Å². The van der Waals surface area contributed by atoms with Crippen LogP contribution in [0.25, 0.3) is 0 Å². The molecule has 0 aromatic heterocycles. The van der Waals surface area contributed by atoms with Crippen LogP contribution in [0.2, 0.25) is 0 Å². The first kappa shape index (κ1) is 16.2. The highest BCUT2D eigenvalue weighted by atomic mass is 16.5. The van der Waals surface area contributed by atoms with E-state index in [1.807, 2.05) is 0 Å². The summed E-state index contributed by atoms with van der Waals surface area (Å²) in [7, 11) is 0. The molecule has 0 saturated heterocycles. The lowest BCUT2D eigenvalue weighted by Gasteiger charge is -2.07. The maximum Gasteiger partial charge on any atom is 0.314 e. The molecule has 0 unspecified atom stereocenters. The summed E-state index contributed by atoms with van der Waals surface area (Å²) in [5, 5.41) is 4.95. The predicted octanol–water partition coefficient (Wildman–Crippen LogP) is 0.192. The summed E-state index contributed by atoms with van der Waals surface area (Å²) in [6.45, 7) is 4.48. The molecule has 0 heterocycles. The van der Waals surface area contributed by atoms with Gasteiger partial charge in [-0.3, -0.25) is 9.59 Å². The van der Waals surface area contributed by atoms with Gasteiger partial charge in [0.15, 0.2) is 0 Å². The summed E-state index contributed by atoms with van der Waals surface area (Å²) in [5.41, 5.74) is 0. The van der Waals surface area contributed by atoms with E-state index in [9.17, 15) is 14.4 Å². The standard InChI is InChI=1S/C11H20N2O5/c1-3-17-9(14)5-7-12-11(16)13-8-6-10(15)18-4-2/h3-8H2,1-2H3,(H2,12,13,16). The number of hydrogen-bond donors (Lipinski definition) is 2. The molecular weight excluding hydrogens is 240 g/mol. The topological polar surface area (TPSA) is 93.7 Å². The van der Waals surface area contributed by atoms with E-state index in [2.05, 4.69) is 10.6 Å². The Hall–Kier alpha value is -1.79. The Kier molecular flexibility index (Phi) is 9.34. The SMILES string of the molecule is CCOC(=O)CCNC(=O)NCCC(=O)OCC. The average molecular weight is 260 g/mol. The van der Waals surface area contributed by atoms with Gasteiger partial charge in [-0.1, -0.05) is 0 Å². The molecule has 2 N–H and O–H groups in total. The van der Waals surface area contributed by atoms with Gasteiger partial charge in [0.2, 0.25) is 0 Å². The number of esters is 2. The van der Waals surface area contributed by atoms with Crippen molar-refractivity contribution < 1.29 is 23.9 Å². The summed E-state index contributed by atoms with van der Waals surface area (Å²) in [4.78, 5) is 33.1. The summed E-state index contributed by atoms with van der Waals surface area (Å²) < 4.78 is 9.38. The number of urea groups is 1. The second kappa shape index (κ2) is 10.4. The zero-order chi connectivity index (χ0) is 13.8. The second-order valence-electron chi connectivity index (χ2n) is 3.29. The van der Waals surface area contributed by atoms with Crippen molar-refractivity contribution in [3.05, 3.63) is 0 Å². The van der Waals surface area contributed by atoms with Crippen LogP contribution in [0, 0.1) is 0 Å². The Balaban J connectivity index is 3.48. The first-order valence-electron chi connectivity index (χ1n) is 5.93. The molecule has 0 aliphatic heterocycles. The third-order valence-corrected chi connectivity index (χ3v) is 1.84. The third-order valence-electron chi connectivity index (χ3n) is 1.84. The lowest BCUT2D eigenvalue weighted by atomic mass is 10.4. The van der Waals surface area contributed by atoms with Crippen molar-refractivity contribution in [2.75, 3.05) is 26.3 Å². The molecule has 0 radical (unpaired) electrons. The van der Waals surface area contributed by atoms with Crippen molar-refractivity contribution in [3.63, 3.8) is 0 Å². The van der Waals surface area contributed by atoms with E-state index < -0.39 is 6.03 Å². The molecular formula is C11H20N2O5. The summed E-state index contributed by atoms with van der Waals surface area (Å²) in [5.74, 6) is -0.714. The van der Waals surface area contributed by atoms with Crippen LogP contribution in [-0.4, -0.2) is 44.3 Å². The van der Waals surface area contributed by atoms with Crippen LogP contribution < -0.4 is 10.6 Å². The maximum absolute atomic E-state index is 11.2. The highest BCUT2D eigenvalue weighted by Gasteiger charge is 2.05. The molecule has 0 bridgehead atoms. The van der Waals surface area contributed by atoms with Crippen LogP contribution in [0.3, 0.4) is 0 Å². The minimum absolute atomic E-state index is 0.124. The first-order chi connectivity index (χ1) is 8.60. The van der Waals surface area contributed by atoms with E-state index in [1.165, 1.54) is 0 Å². The molecule has 0 fully saturated rings. The van der Waals surface area contributed by atoms with Crippen molar-refractivity contribution >= 4 is 18.0 Å². The number of amides is 2. The third kappa shape index (κ3) is 9.44. The first-order valence-corrected chi connectivity index (χ1v) is 5.93. The van der Waals surface area contributed by atoms with Gasteiger partial charge in [0.05, 0.1) is 26.1 Å². The molecule has 0 aromatic carbocycles. The van der Waals surface area contributed by atoms with E-state index in [4.69, 9.17) is 9.47 Å². The fraction of sp³-hybridized carbons (Fsp3) is 0.727. The zero-order valence-corrected chi connectivity index (χ0v) is 10.8. The number of ether oxygens (including phenoxy) is 2. The van der Waals surface area contributed by atoms with Crippen LogP contribution in [0.4, 0.5) is 4.79 Å². The van der Waals surface area contributed by atoms with E-state index in [0.717, 1.165) is 0 Å². The Morgan fingerprint density at radius 3 is 1.56 bits per heavy atom. The van der Waals surface area contributed by atoms with E-state index >= 15 is 0 Å². The minimum atomic E-state index is -0.427. The van der Waals surface area contributed by atoms with E-state index in [1.54, 1.807) is 13.8 Å². The normalized spacial score (nSPS) is 9.44. The molecule has 0 aliphatic rings. The molecule has 7 nitrogen and oxygen atoms in total. The molecule has 0 saturated carbocycles. The van der Waals surface area contributed by atoms with Gasteiger partial charge in [0.25, 0.3) is 0 Å². The van der Waals surface area contributed by atoms with Crippen LogP contribution >= 0.6 is 0 Å². The maximum atomic E-state index is 11.2. The van der Waals surface area contributed by atoms with Crippen molar-refractivity contribution in [1.29, 1.82) is 0 Å². The molecule has 0 aliphatic carbocycles. The van der Waals surface area contributed by atoms with Gasteiger partial charge in [-0.15, -0.1) is 0 Å². The Labute approximate surface area is 106 Å². The number of hydrogen-bond acceptors (Lipinski definition) is 5. The predicted molar refractivity (Wildman–Crippen MR) is 63.9 cm³/mol. The van der Waals surface area contributed by atoms with Crippen molar-refractivity contribution in [1.82, 2.24) is 10.6 Å². The van der Waals surface area contributed by atoms with Gasteiger partial charge < -0.3 is 20.1 Å². The molecule has 18 heavy (non-hydrogen) atoms. The fourth-order valence-corrected chi connectivity index (χ4v) is 1.08. The fourth-order valence-electron chi connectivity index (χ4n) is 1.08. The number of carbonyl (C=O) groups excluding carboxylic acids is 3. The number of rotatable bonds is 8. The quantitative estimate of drug-likeness (QED) is 0.608. The highest BCUT2D eigenvalue weighted by molar-refractivity contribution is 5.76. The number of nitrogens with one attached hydrogen (secondary N) is 2. The van der Waals surface area contributed by atoms with Gasteiger partial charge in [-0.25, -0.2) is 4.79 Å². The average Bonchev–Trinajstić information content (AvgIpc) is 2.29. The van der Waals surface area contributed by atoms with Gasteiger partial charge in [0, 0.05) is 13.1 Å². The monoisotopic (exact) mass is 260 g/mol. The van der Waals surface area contributed by atoms with Crippen LogP contribution in [0.1, 0.15) is 26.7 Å². The molecule has 104 valence electrons. The van der Waals surface area contributed by atoms with Crippen LogP contribution in [-0.2, 0) is 19.1 Å². The molecule has 7 heteroatoms. The lowest BCUT2D eigenvalue weighted by Crippen LogP contribution is -2.37. The van der Waals surface area contributed by atoms with Gasteiger partial charge in [-0.2, -0.15) is 0 Å². The van der Waals surface area contributed by atoms with Gasteiger partial charge in [0.1, 0.15) is 0 Å². The Morgan fingerprint density at radius 1 is 0.833 bits per heavy atom. The molecule has 0 spiro atoms. The van der Waals surface area contributed by atoms with Crippen molar-refractivity contribution in [2.45, 2.75) is 26.7 Å². The highest BCUT2D eigenvalue weighted by Crippen LogP contribution is 1.85. The van der Waals surface area contributed by atoms with Gasteiger partial charge in [-0.05, 0) is 13.8 Å². The molecule has 0 rings (SSSR count). The molecule has 0 atom stereocenters. The van der Waals surface area contributed by atoms with E-state index in [0.29, 0.717) is 13.2 Å². The Bertz CT molecular complexity index is 255. The summed E-state index contributed by atoms with van der Waals surface area (Å²) in [6.07, 6.45) is 0.248. The van der Waals surface area contributed by atoms with Crippen molar-refractivity contribution in [2.24, 2.45) is 0 Å². The van der Waals surface area contributed by atoms with E-state index in [-0.39, 0.29) is 37.9 Å². The molecule has 2 amide bonds. The van der Waals surface area contributed by atoms with Crippen LogP contribution in [0.15, 0.2) is 0 Å².